The second-order valence-corrected chi connectivity index (χ2v) is 5.79. The molecule has 122 valence electrons. The van der Waals surface area contributed by atoms with Crippen molar-refractivity contribution in [3.63, 3.8) is 0 Å². The molecule has 0 bridgehead atoms. The van der Waals surface area contributed by atoms with E-state index >= 15 is 0 Å². The fourth-order valence-corrected chi connectivity index (χ4v) is 2.15. The van der Waals surface area contributed by atoms with Gasteiger partial charge < -0.3 is 16.0 Å². The van der Waals surface area contributed by atoms with Crippen molar-refractivity contribution in [2.24, 2.45) is 5.92 Å². The van der Waals surface area contributed by atoms with E-state index in [2.05, 4.69) is 34.8 Å². The Balaban J connectivity index is 1.78. The third-order valence-electron chi connectivity index (χ3n) is 3.59. The van der Waals surface area contributed by atoms with Gasteiger partial charge in [0, 0.05) is 37.2 Å². The van der Waals surface area contributed by atoms with Crippen LogP contribution in [0, 0.1) is 5.92 Å². The number of nitrogens with one attached hydrogen (secondary N) is 3. The summed E-state index contributed by atoms with van der Waals surface area (Å²) in [5.41, 5.74) is 2.04. The molecule has 0 aliphatic rings. The Bertz CT molecular complexity index is 586. The number of anilines is 1. The lowest BCUT2D eigenvalue weighted by Crippen LogP contribution is -2.43. The molecule has 0 aliphatic heterocycles. The maximum Gasteiger partial charge on any atom is 0.315 e. The van der Waals surface area contributed by atoms with Gasteiger partial charge in [-0.15, -0.1) is 0 Å². The molecule has 1 unspecified atom stereocenters. The van der Waals surface area contributed by atoms with Crippen LogP contribution >= 0.6 is 0 Å². The molecular formula is C18H24N4O. The quantitative estimate of drug-likeness (QED) is 0.736. The zero-order valence-electron chi connectivity index (χ0n) is 13.6. The van der Waals surface area contributed by atoms with Crippen LogP contribution in [-0.4, -0.2) is 23.6 Å². The van der Waals surface area contributed by atoms with E-state index < -0.39 is 0 Å². The van der Waals surface area contributed by atoms with E-state index in [1.807, 2.05) is 42.5 Å². The summed E-state index contributed by atoms with van der Waals surface area (Å²) in [6, 6.07) is 13.8. The van der Waals surface area contributed by atoms with Gasteiger partial charge in [0.15, 0.2) is 0 Å². The molecule has 3 N–H and O–H groups in total. The lowest BCUT2D eigenvalue weighted by atomic mass is 10.0. The van der Waals surface area contributed by atoms with Gasteiger partial charge in [-0.1, -0.05) is 38.1 Å². The minimum absolute atomic E-state index is 0.168. The Morgan fingerprint density at radius 1 is 1.09 bits per heavy atom. The molecule has 0 saturated heterocycles. The van der Waals surface area contributed by atoms with Crippen LogP contribution < -0.4 is 16.0 Å². The number of hydrogen-bond acceptors (Lipinski definition) is 3. The third-order valence-corrected chi connectivity index (χ3v) is 3.59. The highest BCUT2D eigenvalue weighted by Gasteiger charge is 2.14. The number of pyridine rings is 1. The molecule has 0 fully saturated rings. The van der Waals surface area contributed by atoms with Gasteiger partial charge in [-0.25, -0.2) is 4.79 Å². The summed E-state index contributed by atoms with van der Waals surface area (Å²) in [4.78, 5) is 16.0. The van der Waals surface area contributed by atoms with Crippen molar-refractivity contribution in [1.29, 1.82) is 0 Å². The Hall–Kier alpha value is -2.56. The Kier molecular flexibility index (Phi) is 6.41. The predicted octanol–water partition coefficient (Wildman–Crippen LogP) is 3.02. The number of amides is 2. The minimum atomic E-state index is -0.172. The van der Waals surface area contributed by atoms with Gasteiger partial charge in [-0.3, -0.25) is 4.98 Å². The SMILES string of the molecule is CC(C)C(CNC(=O)NCc1cccnc1)Nc1ccccc1. The van der Waals surface area contributed by atoms with Crippen LogP contribution in [0.3, 0.4) is 0 Å². The second-order valence-electron chi connectivity index (χ2n) is 5.79. The van der Waals surface area contributed by atoms with Crippen molar-refractivity contribution in [3.05, 3.63) is 60.4 Å². The number of benzene rings is 1. The Morgan fingerprint density at radius 3 is 2.52 bits per heavy atom. The molecule has 5 heteroatoms. The summed E-state index contributed by atoms with van der Waals surface area (Å²) in [5, 5.41) is 9.22. The van der Waals surface area contributed by atoms with Gasteiger partial charge in [0.2, 0.25) is 0 Å². The standard InChI is InChI=1S/C18H24N4O/c1-14(2)17(22-16-8-4-3-5-9-16)13-21-18(23)20-12-15-7-6-10-19-11-15/h3-11,14,17,22H,12-13H2,1-2H3,(H2,20,21,23). The number of carbonyl (C=O) groups excluding carboxylic acids is 1. The molecule has 0 aliphatic carbocycles. The fraction of sp³-hybridized carbons (Fsp3) is 0.333. The summed E-state index contributed by atoms with van der Waals surface area (Å²) in [7, 11) is 0. The van der Waals surface area contributed by atoms with Crippen LogP contribution in [0.2, 0.25) is 0 Å². The first-order chi connectivity index (χ1) is 11.1. The number of rotatable bonds is 7. The summed E-state index contributed by atoms with van der Waals surface area (Å²) in [6.07, 6.45) is 3.46. The number of nitrogens with zero attached hydrogens (tertiary/aromatic N) is 1. The molecular weight excluding hydrogens is 288 g/mol. The Labute approximate surface area is 137 Å². The molecule has 1 aromatic carbocycles. The van der Waals surface area contributed by atoms with E-state index in [0.717, 1.165) is 11.3 Å². The van der Waals surface area contributed by atoms with E-state index in [-0.39, 0.29) is 12.1 Å². The molecule has 5 nitrogen and oxygen atoms in total. The minimum Gasteiger partial charge on any atom is -0.380 e. The molecule has 2 aromatic rings. The van der Waals surface area contributed by atoms with Crippen LogP contribution in [0.1, 0.15) is 19.4 Å². The van der Waals surface area contributed by atoms with E-state index in [1.165, 1.54) is 0 Å². The topological polar surface area (TPSA) is 66.0 Å². The normalized spacial score (nSPS) is 11.8. The molecule has 0 saturated carbocycles. The van der Waals surface area contributed by atoms with Gasteiger partial charge in [0.1, 0.15) is 0 Å². The second kappa shape index (κ2) is 8.78. The maximum atomic E-state index is 11.9. The van der Waals surface area contributed by atoms with E-state index in [4.69, 9.17) is 0 Å². The van der Waals surface area contributed by atoms with Crippen LogP contribution in [-0.2, 0) is 6.54 Å². The van der Waals surface area contributed by atoms with Crippen LogP contribution in [0.4, 0.5) is 10.5 Å². The van der Waals surface area contributed by atoms with Gasteiger partial charge in [-0.05, 0) is 29.7 Å². The highest BCUT2D eigenvalue weighted by molar-refractivity contribution is 5.73. The molecule has 1 atom stereocenters. The zero-order valence-corrected chi connectivity index (χ0v) is 13.6. The van der Waals surface area contributed by atoms with E-state index in [0.29, 0.717) is 19.0 Å². The highest BCUT2D eigenvalue weighted by Crippen LogP contribution is 2.11. The monoisotopic (exact) mass is 312 g/mol. The average Bonchev–Trinajstić information content (AvgIpc) is 2.58. The maximum absolute atomic E-state index is 11.9. The van der Waals surface area contributed by atoms with Crippen molar-refractivity contribution in [2.75, 3.05) is 11.9 Å². The number of aromatic nitrogens is 1. The average molecular weight is 312 g/mol. The van der Waals surface area contributed by atoms with Crippen molar-refractivity contribution < 1.29 is 4.79 Å². The number of urea groups is 1. The first-order valence-corrected chi connectivity index (χ1v) is 7.87. The summed E-state index contributed by atoms with van der Waals surface area (Å²) in [6.45, 7) is 5.30. The summed E-state index contributed by atoms with van der Waals surface area (Å²) >= 11 is 0. The van der Waals surface area contributed by atoms with Crippen LogP contribution in [0.15, 0.2) is 54.9 Å². The zero-order chi connectivity index (χ0) is 16.5. The molecule has 1 heterocycles. The molecule has 0 radical (unpaired) electrons. The van der Waals surface area contributed by atoms with Crippen molar-refractivity contribution in [2.45, 2.75) is 26.4 Å². The first kappa shape index (κ1) is 16.8. The molecule has 2 rings (SSSR count). The molecule has 2 amide bonds. The molecule has 1 aromatic heterocycles. The van der Waals surface area contributed by atoms with E-state index in [1.54, 1.807) is 12.4 Å². The van der Waals surface area contributed by atoms with Crippen molar-refractivity contribution in [1.82, 2.24) is 15.6 Å². The smallest absolute Gasteiger partial charge is 0.315 e. The number of hydrogen-bond donors (Lipinski definition) is 3. The van der Waals surface area contributed by atoms with Gasteiger partial charge in [0.25, 0.3) is 0 Å². The van der Waals surface area contributed by atoms with Crippen LogP contribution in [0.25, 0.3) is 0 Å². The van der Waals surface area contributed by atoms with Gasteiger partial charge in [0.05, 0.1) is 0 Å². The number of para-hydroxylation sites is 1. The van der Waals surface area contributed by atoms with Gasteiger partial charge >= 0.3 is 6.03 Å². The summed E-state index contributed by atoms with van der Waals surface area (Å²) in [5.74, 6) is 0.397. The van der Waals surface area contributed by atoms with Crippen molar-refractivity contribution in [3.8, 4) is 0 Å². The predicted molar refractivity (Wildman–Crippen MR) is 93.2 cm³/mol. The van der Waals surface area contributed by atoms with Gasteiger partial charge in [-0.2, -0.15) is 0 Å². The number of carbonyl (C=O) groups is 1. The molecule has 23 heavy (non-hydrogen) atoms. The Morgan fingerprint density at radius 2 is 1.87 bits per heavy atom. The van der Waals surface area contributed by atoms with Crippen molar-refractivity contribution >= 4 is 11.7 Å². The fourth-order valence-electron chi connectivity index (χ4n) is 2.15. The highest BCUT2D eigenvalue weighted by atomic mass is 16.2. The third kappa shape index (κ3) is 5.98. The van der Waals surface area contributed by atoms with E-state index in [9.17, 15) is 4.79 Å². The molecule has 0 spiro atoms. The largest absolute Gasteiger partial charge is 0.380 e. The lowest BCUT2D eigenvalue weighted by molar-refractivity contribution is 0.239. The lowest BCUT2D eigenvalue weighted by Gasteiger charge is -2.24. The van der Waals surface area contributed by atoms with Crippen LogP contribution in [0.5, 0.6) is 0 Å². The summed E-state index contributed by atoms with van der Waals surface area (Å²) < 4.78 is 0. The first-order valence-electron chi connectivity index (χ1n) is 7.87.